The smallest absolute Gasteiger partial charge is 0.343 e. The van der Waals surface area contributed by atoms with Gasteiger partial charge in [0.1, 0.15) is 11.5 Å². The van der Waals surface area contributed by atoms with Crippen molar-refractivity contribution in [2.45, 2.75) is 9.79 Å². The van der Waals surface area contributed by atoms with Gasteiger partial charge < -0.3 is 9.47 Å². The first-order valence-electron chi connectivity index (χ1n) is 8.41. The number of ether oxygens (including phenoxy) is 2. The van der Waals surface area contributed by atoms with Crippen LogP contribution < -0.4 is 9.47 Å². The Morgan fingerprint density at radius 2 is 0.893 bits per heavy atom. The summed E-state index contributed by atoms with van der Waals surface area (Å²) in [6.45, 7) is 0. The van der Waals surface area contributed by atoms with Gasteiger partial charge >= 0.3 is 11.9 Å². The van der Waals surface area contributed by atoms with E-state index in [-0.39, 0.29) is 0 Å². The molecule has 4 nitrogen and oxygen atoms in total. The molecule has 0 spiro atoms. The topological polar surface area (TPSA) is 52.6 Å². The summed E-state index contributed by atoms with van der Waals surface area (Å²) < 4.78 is 10.7. The molecule has 142 valence electrons. The number of hydrogen-bond donors (Lipinski definition) is 0. The van der Waals surface area contributed by atoms with Crippen molar-refractivity contribution in [3.05, 3.63) is 83.9 Å². The fraction of sp³-hybridized carbons (Fsp3) is 0.0909. The van der Waals surface area contributed by atoms with Gasteiger partial charge in [-0.15, -0.1) is 23.5 Å². The lowest BCUT2D eigenvalue weighted by molar-refractivity contribution is 0.0730. The summed E-state index contributed by atoms with van der Waals surface area (Å²) in [7, 11) is 0. The molecule has 0 aromatic heterocycles. The van der Waals surface area contributed by atoms with Gasteiger partial charge in [0, 0.05) is 9.79 Å². The van der Waals surface area contributed by atoms with Crippen LogP contribution in [0.4, 0.5) is 0 Å². The summed E-state index contributed by atoms with van der Waals surface area (Å²) in [4.78, 5) is 26.6. The molecule has 3 aromatic rings. The monoisotopic (exact) mass is 410 g/mol. The fourth-order valence-electron chi connectivity index (χ4n) is 2.36. The number of esters is 2. The molecular formula is C22H18O4S2. The molecule has 0 bridgehead atoms. The van der Waals surface area contributed by atoms with Gasteiger partial charge in [-0.3, -0.25) is 0 Å². The van der Waals surface area contributed by atoms with E-state index in [4.69, 9.17) is 9.47 Å². The molecular weight excluding hydrogens is 392 g/mol. The van der Waals surface area contributed by atoms with Crippen LogP contribution in [0.1, 0.15) is 20.7 Å². The second-order valence-corrected chi connectivity index (χ2v) is 7.47. The summed E-state index contributed by atoms with van der Waals surface area (Å²) in [5.41, 5.74) is 0.841. The van der Waals surface area contributed by atoms with Crippen molar-refractivity contribution in [2.24, 2.45) is 0 Å². The summed E-state index contributed by atoms with van der Waals surface area (Å²) in [6.07, 6.45) is 3.95. The molecule has 0 heterocycles. The number of hydrogen-bond acceptors (Lipinski definition) is 6. The van der Waals surface area contributed by atoms with Crippen LogP contribution >= 0.6 is 23.5 Å². The molecule has 0 atom stereocenters. The van der Waals surface area contributed by atoms with Crippen molar-refractivity contribution < 1.29 is 19.1 Å². The van der Waals surface area contributed by atoms with Gasteiger partial charge in [0.25, 0.3) is 0 Å². The SMILES string of the molecule is CSc1ccc(OC(=O)c2ccc(OC(=O)c3ccc(SC)cc3)cc2)cc1. The molecule has 0 saturated carbocycles. The third-order valence-electron chi connectivity index (χ3n) is 3.90. The molecule has 0 aliphatic heterocycles. The highest BCUT2D eigenvalue weighted by molar-refractivity contribution is 7.98. The van der Waals surface area contributed by atoms with E-state index in [1.807, 2.05) is 36.8 Å². The van der Waals surface area contributed by atoms with Crippen molar-refractivity contribution in [3.63, 3.8) is 0 Å². The third kappa shape index (κ3) is 5.18. The highest BCUT2D eigenvalue weighted by Gasteiger charge is 2.12. The van der Waals surface area contributed by atoms with Crippen LogP contribution in [0.5, 0.6) is 11.5 Å². The predicted molar refractivity (Wildman–Crippen MR) is 113 cm³/mol. The van der Waals surface area contributed by atoms with Crippen LogP contribution in [0.25, 0.3) is 0 Å². The lowest BCUT2D eigenvalue weighted by Gasteiger charge is -2.07. The zero-order valence-electron chi connectivity index (χ0n) is 15.4. The molecule has 0 fully saturated rings. The van der Waals surface area contributed by atoms with Crippen LogP contribution in [0.2, 0.25) is 0 Å². The van der Waals surface area contributed by atoms with Crippen molar-refractivity contribution in [2.75, 3.05) is 12.5 Å². The molecule has 0 N–H and O–H groups in total. The van der Waals surface area contributed by atoms with Gasteiger partial charge in [-0.25, -0.2) is 9.59 Å². The maximum absolute atomic E-state index is 12.2. The molecule has 6 heteroatoms. The van der Waals surface area contributed by atoms with E-state index < -0.39 is 11.9 Å². The van der Waals surface area contributed by atoms with E-state index in [2.05, 4.69) is 0 Å². The van der Waals surface area contributed by atoms with Crippen molar-refractivity contribution in [1.29, 1.82) is 0 Å². The van der Waals surface area contributed by atoms with Gasteiger partial charge in [-0.1, -0.05) is 0 Å². The summed E-state index contributed by atoms with van der Waals surface area (Å²) >= 11 is 3.22. The van der Waals surface area contributed by atoms with Gasteiger partial charge in [0.2, 0.25) is 0 Å². The highest BCUT2D eigenvalue weighted by atomic mass is 32.2. The van der Waals surface area contributed by atoms with Crippen LogP contribution in [0.15, 0.2) is 82.6 Å². The number of carbonyl (C=O) groups is 2. The van der Waals surface area contributed by atoms with Crippen molar-refractivity contribution in [1.82, 2.24) is 0 Å². The Hall–Kier alpha value is -2.70. The third-order valence-corrected chi connectivity index (χ3v) is 5.38. The first-order chi connectivity index (χ1) is 13.6. The van der Waals surface area contributed by atoms with Crippen LogP contribution in [0, 0.1) is 0 Å². The molecule has 0 saturated heterocycles. The fourth-order valence-corrected chi connectivity index (χ4v) is 3.18. The minimum atomic E-state index is -0.470. The number of thioether (sulfide) groups is 2. The Labute approximate surface area is 172 Å². The minimum Gasteiger partial charge on any atom is -0.423 e. The first kappa shape index (κ1) is 20.0. The number of rotatable bonds is 6. The van der Waals surface area contributed by atoms with E-state index in [0.29, 0.717) is 22.6 Å². The molecule has 0 aliphatic rings. The Bertz CT molecular complexity index is 949. The van der Waals surface area contributed by atoms with Gasteiger partial charge in [-0.05, 0) is 85.3 Å². The average Bonchev–Trinajstić information content (AvgIpc) is 2.74. The molecule has 0 radical (unpaired) electrons. The van der Waals surface area contributed by atoms with Crippen LogP contribution in [-0.2, 0) is 0 Å². The Morgan fingerprint density at radius 3 is 1.29 bits per heavy atom. The van der Waals surface area contributed by atoms with Crippen molar-refractivity contribution in [3.8, 4) is 11.5 Å². The predicted octanol–water partition coefficient (Wildman–Crippen LogP) is 5.57. The van der Waals surface area contributed by atoms with Crippen molar-refractivity contribution >= 4 is 35.5 Å². The summed E-state index contributed by atoms with van der Waals surface area (Å²) in [5.74, 6) is -0.0777. The van der Waals surface area contributed by atoms with E-state index in [1.165, 1.54) is 0 Å². The average molecular weight is 411 g/mol. The van der Waals surface area contributed by atoms with Crippen LogP contribution in [-0.4, -0.2) is 24.5 Å². The van der Waals surface area contributed by atoms with Gasteiger partial charge in [-0.2, -0.15) is 0 Å². The van der Waals surface area contributed by atoms with E-state index in [9.17, 15) is 9.59 Å². The highest BCUT2D eigenvalue weighted by Crippen LogP contribution is 2.21. The zero-order valence-corrected chi connectivity index (χ0v) is 17.0. The maximum atomic E-state index is 12.2. The first-order valence-corrected chi connectivity index (χ1v) is 10.9. The molecule has 0 aliphatic carbocycles. The summed E-state index contributed by atoms with van der Waals surface area (Å²) in [5, 5.41) is 0. The minimum absolute atomic E-state index is 0.361. The Balaban J connectivity index is 1.61. The maximum Gasteiger partial charge on any atom is 0.343 e. The second-order valence-electron chi connectivity index (χ2n) is 5.71. The van der Waals surface area contributed by atoms with Gasteiger partial charge in [0.15, 0.2) is 0 Å². The molecule has 3 rings (SSSR count). The van der Waals surface area contributed by atoms with E-state index in [1.54, 1.807) is 72.1 Å². The Morgan fingerprint density at radius 1 is 0.571 bits per heavy atom. The normalized spacial score (nSPS) is 10.4. The van der Waals surface area contributed by atoms with E-state index >= 15 is 0 Å². The largest absolute Gasteiger partial charge is 0.423 e. The Kier molecular flexibility index (Phi) is 6.79. The quantitative estimate of drug-likeness (QED) is 0.301. The lowest BCUT2D eigenvalue weighted by Crippen LogP contribution is -2.10. The van der Waals surface area contributed by atoms with E-state index in [0.717, 1.165) is 9.79 Å². The molecule has 0 amide bonds. The second kappa shape index (κ2) is 9.48. The lowest BCUT2D eigenvalue weighted by atomic mass is 10.2. The number of carbonyl (C=O) groups excluding carboxylic acids is 2. The zero-order chi connectivity index (χ0) is 19.9. The standard InChI is InChI=1S/C22H18O4S2/c1-27-19-11-5-16(6-12-19)22(24)25-17-7-3-15(4-8-17)21(23)26-18-9-13-20(28-2)14-10-18/h3-14H,1-2H3. The molecule has 3 aromatic carbocycles. The number of benzene rings is 3. The molecule has 0 unspecified atom stereocenters. The molecule has 28 heavy (non-hydrogen) atoms. The van der Waals surface area contributed by atoms with Crippen LogP contribution in [0.3, 0.4) is 0 Å². The van der Waals surface area contributed by atoms with Gasteiger partial charge in [0.05, 0.1) is 11.1 Å². The summed E-state index contributed by atoms with van der Waals surface area (Å²) in [6, 6.07) is 20.7.